The van der Waals surface area contributed by atoms with Crippen LogP contribution >= 0.6 is 11.3 Å². The Hall–Kier alpha value is -1.26. The number of aromatic nitrogens is 2. The second kappa shape index (κ2) is 6.02. The summed E-state index contributed by atoms with van der Waals surface area (Å²) in [6.45, 7) is 5.34. The van der Waals surface area contributed by atoms with Gasteiger partial charge < -0.3 is 5.32 Å². The molecule has 1 aliphatic carbocycles. The maximum atomic E-state index is 4.90. The molecule has 1 fully saturated rings. The Balaban J connectivity index is 1.76. The van der Waals surface area contributed by atoms with Crippen molar-refractivity contribution in [2.24, 2.45) is 0 Å². The van der Waals surface area contributed by atoms with Crippen LogP contribution in [0.5, 0.6) is 0 Å². The van der Waals surface area contributed by atoms with Crippen LogP contribution in [0.3, 0.4) is 0 Å². The highest BCUT2D eigenvalue weighted by Gasteiger charge is 2.29. The number of pyridine rings is 1. The van der Waals surface area contributed by atoms with E-state index in [0.29, 0.717) is 6.04 Å². The predicted molar refractivity (Wildman–Crippen MR) is 83.1 cm³/mol. The minimum Gasteiger partial charge on any atom is -0.310 e. The van der Waals surface area contributed by atoms with E-state index in [-0.39, 0.29) is 0 Å². The van der Waals surface area contributed by atoms with Gasteiger partial charge in [0.1, 0.15) is 0 Å². The van der Waals surface area contributed by atoms with Gasteiger partial charge in [0.15, 0.2) is 0 Å². The fourth-order valence-electron chi connectivity index (χ4n) is 2.26. The van der Waals surface area contributed by atoms with Crippen LogP contribution in [0.4, 0.5) is 0 Å². The van der Waals surface area contributed by atoms with Crippen LogP contribution < -0.4 is 5.32 Å². The van der Waals surface area contributed by atoms with Crippen molar-refractivity contribution in [2.75, 3.05) is 0 Å². The fraction of sp³-hybridized carbons (Fsp3) is 0.500. The molecule has 0 aliphatic heterocycles. The van der Waals surface area contributed by atoms with Crippen molar-refractivity contribution in [2.45, 2.75) is 51.6 Å². The molecule has 2 aromatic rings. The second-order valence-corrected chi connectivity index (χ2v) is 6.93. The molecule has 106 valence electrons. The number of rotatable bonds is 6. The maximum absolute atomic E-state index is 4.90. The summed E-state index contributed by atoms with van der Waals surface area (Å²) in [5, 5.41) is 4.76. The Morgan fingerprint density at radius 2 is 2.05 bits per heavy atom. The number of thiazole rings is 1. The van der Waals surface area contributed by atoms with Crippen LogP contribution in [0.15, 0.2) is 24.5 Å². The van der Waals surface area contributed by atoms with Crippen molar-refractivity contribution in [1.82, 2.24) is 15.3 Å². The zero-order valence-electron chi connectivity index (χ0n) is 12.1. The van der Waals surface area contributed by atoms with E-state index in [0.717, 1.165) is 18.9 Å². The fourth-order valence-corrected chi connectivity index (χ4v) is 3.40. The molecular formula is C16H21N3S. The minimum atomic E-state index is 0.521. The molecule has 1 aliphatic rings. The smallest absolute Gasteiger partial charge is 0.0975 e. The Labute approximate surface area is 124 Å². The van der Waals surface area contributed by atoms with Gasteiger partial charge in [-0.3, -0.25) is 4.98 Å². The molecule has 4 heteroatoms. The SMILES string of the molecule is CC(C)NCc1sc(Cc2ccncc2)nc1C1CC1. The molecule has 0 spiro atoms. The zero-order chi connectivity index (χ0) is 13.9. The quantitative estimate of drug-likeness (QED) is 0.883. The summed E-state index contributed by atoms with van der Waals surface area (Å²) in [5.41, 5.74) is 2.65. The first-order valence-electron chi connectivity index (χ1n) is 7.33. The lowest BCUT2D eigenvalue weighted by molar-refractivity contribution is 0.590. The first kappa shape index (κ1) is 13.7. The van der Waals surface area contributed by atoms with E-state index in [4.69, 9.17) is 4.98 Å². The molecule has 1 saturated carbocycles. The third-order valence-electron chi connectivity index (χ3n) is 3.51. The first-order valence-corrected chi connectivity index (χ1v) is 8.15. The van der Waals surface area contributed by atoms with Gasteiger partial charge in [-0.25, -0.2) is 4.98 Å². The highest BCUT2D eigenvalue weighted by molar-refractivity contribution is 7.11. The van der Waals surface area contributed by atoms with E-state index in [9.17, 15) is 0 Å². The monoisotopic (exact) mass is 287 g/mol. The molecule has 2 aromatic heterocycles. The highest BCUT2D eigenvalue weighted by Crippen LogP contribution is 2.42. The summed E-state index contributed by atoms with van der Waals surface area (Å²) >= 11 is 1.87. The van der Waals surface area contributed by atoms with E-state index in [1.54, 1.807) is 0 Å². The van der Waals surface area contributed by atoms with E-state index in [1.807, 2.05) is 23.7 Å². The lowest BCUT2D eigenvalue weighted by Crippen LogP contribution is -2.21. The average molecular weight is 287 g/mol. The van der Waals surface area contributed by atoms with Crippen LogP contribution in [0, 0.1) is 0 Å². The van der Waals surface area contributed by atoms with Crippen LogP contribution in [-0.2, 0) is 13.0 Å². The summed E-state index contributed by atoms with van der Waals surface area (Å²) in [7, 11) is 0. The Bertz CT molecular complexity index is 558. The molecule has 3 rings (SSSR count). The number of hydrogen-bond donors (Lipinski definition) is 1. The Morgan fingerprint density at radius 1 is 1.30 bits per heavy atom. The van der Waals surface area contributed by atoms with Crippen molar-refractivity contribution < 1.29 is 0 Å². The summed E-state index contributed by atoms with van der Waals surface area (Å²) in [5.74, 6) is 0.724. The molecular weight excluding hydrogens is 266 g/mol. The number of nitrogens with one attached hydrogen (secondary N) is 1. The second-order valence-electron chi connectivity index (χ2n) is 5.76. The van der Waals surface area contributed by atoms with Crippen molar-refractivity contribution in [3.05, 3.63) is 45.7 Å². The number of hydrogen-bond acceptors (Lipinski definition) is 4. The van der Waals surface area contributed by atoms with Crippen LogP contribution in [0.1, 0.15) is 53.7 Å². The van der Waals surface area contributed by atoms with Crippen molar-refractivity contribution in [3.63, 3.8) is 0 Å². The van der Waals surface area contributed by atoms with Crippen LogP contribution in [0.25, 0.3) is 0 Å². The molecule has 1 N–H and O–H groups in total. The Morgan fingerprint density at radius 3 is 2.70 bits per heavy atom. The molecule has 0 bridgehead atoms. The standard InChI is InChI=1S/C16H21N3S/c1-11(2)18-10-14-16(13-3-4-13)19-15(20-14)9-12-5-7-17-8-6-12/h5-8,11,13,18H,3-4,9-10H2,1-2H3. The van der Waals surface area contributed by atoms with Gasteiger partial charge in [-0.2, -0.15) is 0 Å². The van der Waals surface area contributed by atoms with Gasteiger partial charge in [0.05, 0.1) is 10.7 Å². The normalized spacial score (nSPS) is 14.9. The van der Waals surface area contributed by atoms with Crippen molar-refractivity contribution in [1.29, 1.82) is 0 Å². The van der Waals surface area contributed by atoms with E-state index >= 15 is 0 Å². The average Bonchev–Trinajstić information content (AvgIpc) is 3.20. The summed E-state index contributed by atoms with van der Waals surface area (Å²) in [6.07, 6.45) is 7.26. The summed E-state index contributed by atoms with van der Waals surface area (Å²) < 4.78 is 0. The lowest BCUT2D eigenvalue weighted by atomic mass is 10.2. The van der Waals surface area contributed by atoms with Crippen LogP contribution in [0.2, 0.25) is 0 Å². The van der Waals surface area contributed by atoms with E-state index < -0.39 is 0 Å². The van der Waals surface area contributed by atoms with Gasteiger partial charge in [-0.1, -0.05) is 13.8 Å². The molecule has 0 amide bonds. The third kappa shape index (κ3) is 3.44. The molecule has 3 nitrogen and oxygen atoms in total. The molecule has 0 radical (unpaired) electrons. The lowest BCUT2D eigenvalue weighted by Gasteiger charge is -2.07. The molecule has 20 heavy (non-hydrogen) atoms. The summed E-state index contributed by atoms with van der Waals surface area (Å²) in [6, 6.07) is 4.67. The largest absolute Gasteiger partial charge is 0.310 e. The third-order valence-corrected chi connectivity index (χ3v) is 4.58. The van der Waals surface area contributed by atoms with Crippen LogP contribution in [-0.4, -0.2) is 16.0 Å². The maximum Gasteiger partial charge on any atom is 0.0975 e. The van der Waals surface area contributed by atoms with E-state index in [1.165, 1.54) is 34.0 Å². The zero-order valence-corrected chi connectivity index (χ0v) is 12.9. The Kier molecular flexibility index (Phi) is 4.13. The van der Waals surface area contributed by atoms with Crippen molar-refractivity contribution >= 4 is 11.3 Å². The van der Waals surface area contributed by atoms with Gasteiger partial charge in [0, 0.05) is 42.2 Å². The summed E-state index contributed by atoms with van der Waals surface area (Å²) in [4.78, 5) is 10.4. The predicted octanol–water partition coefficient (Wildman–Crippen LogP) is 3.50. The van der Waals surface area contributed by atoms with Gasteiger partial charge in [0.2, 0.25) is 0 Å². The molecule has 0 unspecified atom stereocenters. The highest BCUT2D eigenvalue weighted by atomic mass is 32.1. The molecule has 0 aromatic carbocycles. The van der Waals surface area contributed by atoms with Crippen molar-refractivity contribution in [3.8, 4) is 0 Å². The van der Waals surface area contributed by atoms with Gasteiger partial charge in [0.25, 0.3) is 0 Å². The topological polar surface area (TPSA) is 37.8 Å². The number of nitrogens with zero attached hydrogens (tertiary/aromatic N) is 2. The molecule has 2 heterocycles. The first-order chi connectivity index (χ1) is 9.72. The van der Waals surface area contributed by atoms with Gasteiger partial charge >= 0.3 is 0 Å². The molecule has 0 atom stereocenters. The molecule has 0 saturated heterocycles. The van der Waals surface area contributed by atoms with E-state index in [2.05, 4.69) is 36.3 Å². The van der Waals surface area contributed by atoms with Gasteiger partial charge in [-0.05, 0) is 30.5 Å². The minimum absolute atomic E-state index is 0.521. The van der Waals surface area contributed by atoms with Gasteiger partial charge in [-0.15, -0.1) is 11.3 Å².